The van der Waals surface area contributed by atoms with Crippen LogP contribution in [0.2, 0.25) is 0 Å². The number of urea groups is 1. The van der Waals surface area contributed by atoms with Crippen molar-refractivity contribution in [3.63, 3.8) is 0 Å². The number of anilines is 2. The number of carbonyl (C=O) groups is 1. The maximum absolute atomic E-state index is 12.3. The Morgan fingerprint density at radius 2 is 2.00 bits per heavy atom. The Labute approximate surface area is 148 Å². The second-order valence-corrected chi connectivity index (χ2v) is 6.53. The standard InChI is InChI=1S/C16H17N7OS/c24-16(20-15-2-1-9-25-15)22-7-5-21(6-8-22)13-10-14(19-11-18-13)23-4-3-17-12-23/h1-4,9-12H,5-8H2,(H,20,24). The van der Waals surface area contributed by atoms with Gasteiger partial charge in [0.2, 0.25) is 0 Å². The zero-order chi connectivity index (χ0) is 17.1. The van der Waals surface area contributed by atoms with Crippen LogP contribution in [0.3, 0.4) is 0 Å². The maximum atomic E-state index is 12.3. The fourth-order valence-electron chi connectivity index (χ4n) is 2.72. The van der Waals surface area contributed by atoms with E-state index < -0.39 is 0 Å². The lowest BCUT2D eigenvalue weighted by atomic mass is 10.3. The molecule has 2 amide bonds. The molecule has 0 aliphatic carbocycles. The van der Waals surface area contributed by atoms with E-state index in [4.69, 9.17) is 0 Å². The van der Waals surface area contributed by atoms with Gasteiger partial charge in [-0.1, -0.05) is 0 Å². The summed E-state index contributed by atoms with van der Waals surface area (Å²) in [5.74, 6) is 1.64. The summed E-state index contributed by atoms with van der Waals surface area (Å²) in [5.41, 5.74) is 0. The highest BCUT2D eigenvalue weighted by Crippen LogP contribution is 2.18. The van der Waals surface area contributed by atoms with Gasteiger partial charge in [-0.05, 0) is 17.5 Å². The van der Waals surface area contributed by atoms with Gasteiger partial charge in [0.15, 0.2) is 0 Å². The second-order valence-electron chi connectivity index (χ2n) is 5.59. The van der Waals surface area contributed by atoms with Gasteiger partial charge >= 0.3 is 6.03 Å². The van der Waals surface area contributed by atoms with E-state index in [1.54, 1.807) is 18.9 Å². The van der Waals surface area contributed by atoms with E-state index in [1.165, 1.54) is 11.3 Å². The minimum Gasteiger partial charge on any atom is -0.353 e. The molecular weight excluding hydrogens is 338 g/mol. The lowest BCUT2D eigenvalue weighted by molar-refractivity contribution is 0.208. The molecule has 3 aromatic heterocycles. The van der Waals surface area contributed by atoms with Crippen molar-refractivity contribution in [2.24, 2.45) is 0 Å². The molecular formula is C16H17N7OS. The average Bonchev–Trinajstić information content (AvgIpc) is 3.36. The number of piperazine rings is 1. The summed E-state index contributed by atoms with van der Waals surface area (Å²) >= 11 is 1.52. The van der Waals surface area contributed by atoms with Crippen LogP contribution in [0.4, 0.5) is 15.6 Å². The van der Waals surface area contributed by atoms with Crippen LogP contribution in [0.5, 0.6) is 0 Å². The number of hydrogen-bond acceptors (Lipinski definition) is 6. The van der Waals surface area contributed by atoms with Crippen molar-refractivity contribution in [3.05, 3.63) is 48.6 Å². The Bertz CT molecular complexity index is 826. The highest BCUT2D eigenvalue weighted by Gasteiger charge is 2.22. The van der Waals surface area contributed by atoms with Crippen LogP contribution < -0.4 is 10.2 Å². The quantitative estimate of drug-likeness (QED) is 0.778. The van der Waals surface area contributed by atoms with Crippen molar-refractivity contribution in [3.8, 4) is 5.82 Å². The lowest BCUT2D eigenvalue weighted by Crippen LogP contribution is -2.50. The third kappa shape index (κ3) is 3.45. The van der Waals surface area contributed by atoms with Crippen LogP contribution in [-0.4, -0.2) is 56.6 Å². The van der Waals surface area contributed by atoms with Gasteiger partial charge in [-0.25, -0.2) is 19.7 Å². The van der Waals surface area contributed by atoms with Crippen molar-refractivity contribution >= 4 is 28.2 Å². The van der Waals surface area contributed by atoms with E-state index in [1.807, 2.05) is 39.2 Å². The zero-order valence-electron chi connectivity index (χ0n) is 13.4. The lowest BCUT2D eigenvalue weighted by Gasteiger charge is -2.35. The number of nitrogens with one attached hydrogen (secondary N) is 1. The van der Waals surface area contributed by atoms with E-state index in [2.05, 4.69) is 25.2 Å². The highest BCUT2D eigenvalue weighted by molar-refractivity contribution is 7.14. The monoisotopic (exact) mass is 355 g/mol. The Hall–Kier alpha value is -2.94. The molecule has 8 nitrogen and oxygen atoms in total. The van der Waals surface area contributed by atoms with Gasteiger partial charge in [-0.3, -0.25) is 9.88 Å². The number of carbonyl (C=O) groups excluding carboxylic acids is 1. The molecule has 1 aliphatic rings. The van der Waals surface area contributed by atoms with Crippen molar-refractivity contribution in [1.29, 1.82) is 0 Å². The van der Waals surface area contributed by atoms with Crippen LogP contribution >= 0.6 is 11.3 Å². The Balaban J connectivity index is 1.39. The van der Waals surface area contributed by atoms with Crippen molar-refractivity contribution in [2.75, 3.05) is 36.4 Å². The molecule has 4 heterocycles. The molecule has 4 rings (SSSR count). The van der Waals surface area contributed by atoms with Gasteiger partial charge in [0.05, 0.1) is 5.00 Å². The fourth-order valence-corrected chi connectivity index (χ4v) is 3.33. The number of imidazole rings is 1. The smallest absolute Gasteiger partial charge is 0.322 e. The number of nitrogens with zero attached hydrogens (tertiary/aromatic N) is 6. The molecule has 0 saturated carbocycles. The van der Waals surface area contributed by atoms with Crippen LogP contribution in [0.25, 0.3) is 5.82 Å². The number of thiophene rings is 1. The summed E-state index contributed by atoms with van der Waals surface area (Å²) < 4.78 is 1.84. The van der Waals surface area contributed by atoms with Gasteiger partial charge in [-0.15, -0.1) is 11.3 Å². The van der Waals surface area contributed by atoms with Gasteiger partial charge < -0.3 is 9.80 Å². The van der Waals surface area contributed by atoms with E-state index in [0.717, 1.165) is 29.7 Å². The fraction of sp³-hybridized carbons (Fsp3) is 0.250. The largest absolute Gasteiger partial charge is 0.353 e. The molecule has 128 valence electrons. The molecule has 1 fully saturated rings. The van der Waals surface area contributed by atoms with Gasteiger partial charge in [0, 0.05) is 44.6 Å². The van der Waals surface area contributed by atoms with Crippen molar-refractivity contribution < 1.29 is 4.79 Å². The molecule has 0 atom stereocenters. The van der Waals surface area contributed by atoms with Crippen molar-refractivity contribution in [2.45, 2.75) is 0 Å². The van der Waals surface area contributed by atoms with Crippen LogP contribution in [-0.2, 0) is 0 Å². The molecule has 9 heteroatoms. The van der Waals surface area contributed by atoms with Gasteiger partial charge in [-0.2, -0.15) is 0 Å². The van der Waals surface area contributed by atoms with E-state index >= 15 is 0 Å². The molecule has 0 aromatic carbocycles. The van der Waals surface area contributed by atoms with Crippen LogP contribution in [0, 0.1) is 0 Å². The normalized spacial score (nSPS) is 14.6. The third-order valence-electron chi connectivity index (χ3n) is 4.05. The SMILES string of the molecule is O=C(Nc1cccs1)N1CCN(c2cc(-n3ccnc3)ncn2)CC1. The predicted molar refractivity (Wildman–Crippen MR) is 96.3 cm³/mol. The molecule has 25 heavy (non-hydrogen) atoms. The molecule has 0 radical (unpaired) electrons. The third-order valence-corrected chi connectivity index (χ3v) is 4.83. The van der Waals surface area contributed by atoms with Gasteiger partial charge in [0.25, 0.3) is 0 Å². The van der Waals surface area contributed by atoms with Crippen LogP contribution in [0.15, 0.2) is 48.6 Å². The Morgan fingerprint density at radius 3 is 2.72 bits per heavy atom. The molecule has 0 unspecified atom stereocenters. The highest BCUT2D eigenvalue weighted by atomic mass is 32.1. The predicted octanol–water partition coefficient (Wildman–Crippen LogP) is 2.08. The first-order valence-corrected chi connectivity index (χ1v) is 8.82. The molecule has 0 bridgehead atoms. The average molecular weight is 355 g/mol. The molecule has 3 aromatic rings. The van der Waals surface area contributed by atoms with E-state index in [0.29, 0.717) is 13.1 Å². The topological polar surface area (TPSA) is 79.2 Å². The first-order valence-electron chi connectivity index (χ1n) is 7.94. The Morgan fingerprint density at radius 1 is 1.16 bits per heavy atom. The summed E-state index contributed by atoms with van der Waals surface area (Å²) in [7, 11) is 0. The van der Waals surface area contributed by atoms with Crippen LogP contribution in [0.1, 0.15) is 0 Å². The molecule has 1 aliphatic heterocycles. The summed E-state index contributed by atoms with van der Waals surface area (Å²) in [6, 6.07) is 5.70. The number of amides is 2. The maximum Gasteiger partial charge on any atom is 0.322 e. The van der Waals surface area contributed by atoms with E-state index in [-0.39, 0.29) is 6.03 Å². The number of hydrogen-bond donors (Lipinski definition) is 1. The molecule has 1 saturated heterocycles. The zero-order valence-corrected chi connectivity index (χ0v) is 14.3. The minimum absolute atomic E-state index is 0.0520. The summed E-state index contributed by atoms with van der Waals surface area (Å²) in [6.07, 6.45) is 6.82. The van der Waals surface area contributed by atoms with Crippen molar-refractivity contribution in [1.82, 2.24) is 24.4 Å². The number of aromatic nitrogens is 4. The second kappa shape index (κ2) is 6.89. The summed E-state index contributed by atoms with van der Waals surface area (Å²) in [4.78, 5) is 29.0. The molecule has 0 spiro atoms. The summed E-state index contributed by atoms with van der Waals surface area (Å²) in [6.45, 7) is 2.78. The number of rotatable bonds is 3. The minimum atomic E-state index is -0.0520. The Kier molecular flexibility index (Phi) is 4.30. The first-order chi connectivity index (χ1) is 12.3. The van der Waals surface area contributed by atoms with Gasteiger partial charge in [0.1, 0.15) is 24.3 Å². The summed E-state index contributed by atoms with van der Waals surface area (Å²) in [5, 5.41) is 5.74. The first kappa shape index (κ1) is 15.6. The molecule has 1 N–H and O–H groups in total. The van der Waals surface area contributed by atoms with E-state index in [9.17, 15) is 4.79 Å².